The highest BCUT2D eigenvalue weighted by molar-refractivity contribution is 5.89. The van der Waals surface area contributed by atoms with Gasteiger partial charge in [0.2, 0.25) is 0 Å². The first-order chi connectivity index (χ1) is 8.19. The maximum Gasteiger partial charge on any atom is 0.413 e. The van der Waals surface area contributed by atoms with Gasteiger partial charge < -0.3 is 9.47 Å². The third-order valence-corrected chi connectivity index (χ3v) is 2.60. The summed E-state index contributed by atoms with van der Waals surface area (Å²) in [6.45, 7) is 2.96. The Bertz CT molecular complexity index is 312. The minimum atomic E-state index is -0.401. The highest BCUT2D eigenvalue weighted by Crippen LogP contribution is 2.14. The van der Waals surface area contributed by atoms with Crippen molar-refractivity contribution in [2.75, 3.05) is 20.3 Å². The van der Waals surface area contributed by atoms with Gasteiger partial charge in [-0.05, 0) is 12.8 Å². The predicted molar refractivity (Wildman–Crippen MR) is 62.3 cm³/mol. The summed E-state index contributed by atoms with van der Waals surface area (Å²) in [5.41, 5.74) is 0.528. The van der Waals surface area contributed by atoms with E-state index >= 15 is 0 Å². The van der Waals surface area contributed by atoms with Crippen LogP contribution in [0.3, 0.4) is 0 Å². The van der Waals surface area contributed by atoms with Crippen molar-refractivity contribution in [3.8, 4) is 0 Å². The zero-order valence-electron chi connectivity index (χ0n) is 10.4. The Kier molecular flexibility index (Phi) is 5.52. The average molecular weight is 241 g/mol. The van der Waals surface area contributed by atoms with Crippen molar-refractivity contribution in [2.45, 2.75) is 32.6 Å². The van der Waals surface area contributed by atoms with Crippen LogP contribution < -0.4 is 0 Å². The number of hydrogen-bond donors (Lipinski definition) is 0. The smallest absolute Gasteiger partial charge is 0.413 e. The molecule has 1 saturated heterocycles. The van der Waals surface area contributed by atoms with E-state index in [4.69, 9.17) is 9.47 Å². The van der Waals surface area contributed by atoms with Gasteiger partial charge in [0.05, 0.1) is 19.2 Å². The number of esters is 1. The number of nitrogens with zero attached hydrogens (tertiary/aromatic N) is 1. The first kappa shape index (κ1) is 13.5. The van der Waals surface area contributed by atoms with Crippen molar-refractivity contribution >= 4 is 12.1 Å². The predicted octanol–water partition coefficient (Wildman–Crippen LogP) is 2.08. The lowest BCUT2D eigenvalue weighted by Crippen LogP contribution is -2.20. The molecule has 0 saturated carbocycles. The monoisotopic (exact) mass is 241 g/mol. The quantitative estimate of drug-likeness (QED) is 0.406. The van der Waals surface area contributed by atoms with E-state index in [0.29, 0.717) is 25.1 Å². The van der Waals surface area contributed by atoms with Crippen molar-refractivity contribution in [3.63, 3.8) is 0 Å². The molecule has 0 N–H and O–H groups in total. The number of carbonyl (C=O) groups excluding carboxylic acids is 2. The van der Waals surface area contributed by atoms with Crippen LogP contribution in [0, 0.1) is 0 Å². The molecule has 1 aliphatic rings. The third-order valence-electron chi connectivity index (χ3n) is 2.60. The van der Waals surface area contributed by atoms with Crippen molar-refractivity contribution in [3.05, 3.63) is 11.8 Å². The summed E-state index contributed by atoms with van der Waals surface area (Å²) in [6, 6.07) is 0. The second kappa shape index (κ2) is 6.93. The standard InChI is InChI=1S/C12H19NO4/c1-3-4-5-6-10(11(14)16-2)9-13-7-8-17-12(13)15/h9H,3-8H2,1-2H3/b10-9+. The maximum absolute atomic E-state index is 11.5. The Morgan fingerprint density at radius 1 is 1.53 bits per heavy atom. The first-order valence-corrected chi connectivity index (χ1v) is 5.91. The molecule has 0 aromatic heterocycles. The molecule has 0 unspecified atom stereocenters. The topological polar surface area (TPSA) is 55.8 Å². The van der Waals surface area contributed by atoms with Gasteiger partial charge in [0.15, 0.2) is 0 Å². The lowest BCUT2D eigenvalue weighted by molar-refractivity contribution is -0.136. The number of unbranched alkanes of at least 4 members (excludes halogenated alkanes) is 2. The summed E-state index contributed by atoms with van der Waals surface area (Å²) in [6.07, 6.45) is 4.84. The molecule has 0 bridgehead atoms. The molecule has 5 heteroatoms. The normalized spacial score (nSPS) is 16.0. The second-order valence-corrected chi connectivity index (χ2v) is 3.91. The molecule has 0 radical (unpaired) electrons. The molecule has 0 spiro atoms. The van der Waals surface area contributed by atoms with Gasteiger partial charge in [-0.2, -0.15) is 0 Å². The van der Waals surface area contributed by atoms with Crippen molar-refractivity contribution < 1.29 is 19.1 Å². The fraction of sp³-hybridized carbons (Fsp3) is 0.667. The van der Waals surface area contributed by atoms with Crippen LogP contribution in [0.2, 0.25) is 0 Å². The van der Waals surface area contributed by atoms with Crippen LogP contribution in [-0.4, -0.2) is 37.2 Å². The van der Waals surface area contributed by atoms with Gasteiger partial charge in [-0.3, -0.25) is 4.90 Å². The van der Waals surface area contributed by atoms with Gasteiger partial charge in [-0.1, -0.05) is 19.8 Å². The van der Waals surface area contributed by atoms with E-state index < -0.39 is 6.09 Å². The van der Waals surface area contributed by atoms with Crippen LogP contribution >= 0.6 is 0 Å². The fourth-order valence-corrected chi connectivity index (χ4v) is 1.63. The Balaban J connectivity index is 2.64. The molecule has 0 aliphatic carbocycles. The van der Waals surface area contributed by atoms with Crippen molar-refractivity contribution in [1.29, 1.82) is 0 Å². The number of ether oxygens (including phenoxy) is 2. The van der Waals surface area contributed by atoms with Crippen LogP contribution in [0.15, 0.2) is 11.8 Å². The highest BCUT2D eigenvalue weighted by Gasteiger charge is 2.22. The number of rotatable bonds is 6. The molecule has 0 atom stereocenters. The number of methoxy groups -OCH3 is 1. The molecular weight excluding hydrogens is 222 g/mol. The van der Waals surface area contributed by atoms with Gasteiger partial charge in [0.1, 0.15) is 6.61 Å². The van der Waals surface area contributed by atoms with E-state index in [1.807, 2.05) is 0 Å². The fourth-order valence-electron chi connectivity index (χ4n) is 1.63. The molecule has 1 heterocycles. The first-order valence-electron chi connectivity index (χ1n) is 5.91. The highest BCUT2D eigenvalue weighted by atomic mass is 16.6. The number of hydrogen-bond acceptors (Lipinski definition) is 4. The Morgan fingerprint density at radius 2 is 2.29 bits per heavy atom. The minimum absolute atomic E-state index is 0.374. The van der Waals surface area contributed by atoms with Gasteiger partial charge in [-0.15, -0.1) is 0 Å². The lowest BCUT2D eigenvalue weighted by atomic mass is 10.1. The van der Waals surface area contributed by atoms with Gasteiger partial charge in [-0.25, -0.2) is 9.59 Å². The van der Waals surface area contributed by atoms with E-state index in [9.17, 15) is 9.59 Å². The van der Waals surface area contributed by atoms with Gasteiger partial charge >= 0.3 is 12.1 Å². The average Bonchev–Trinajstić information content (AvgIpc) is 2.73. The van der Waals surface area contributed by atoms with E-state index in [1.54, 1.807) is 6.20 Å². The van der Waals surface area contributed by atoms with Crippen LogP contribution in [0.5, 0.6) is 0 Å². The summed E-state index contributed by atoms with van der Waals surface area (Å²) >= 11 is 0. The molecule has 1 amide bonds. The molecule has 0 aromatic rings. The van der Waals surface area contributed by atoms with Crippen LogP contribution in [-0.2, 0) is 14.3 Å². The van der Waals surface area contributed by atoms with Gasteiger partial charge in [0.25, 0.3) is 0 Å². The minimum Gasteiger partial charge on any atom is -0.466 e. The van der Waals surface area contributed by atoms with E-state index in [-0.39, 0.29) is 5.97 Å². The summed E-state index contributed by atoms with van der Waals surface area (Å²) in [5, 5.41) is 0. The number of carbonyl (C=O) groups is 2. The molecule has 96 valence electrons. The van der Waals surface area contributed by atoms with Crippen LogP contribution in [0.4, 0.5) is 4.79 Å². The Hall–Kier alpha value is -1.52. The Labute approximate surface area is 101 Å². The zero-order valence-corrected chi connectivity index (χ0v) is 10.4. The molecule has 17 heavy (non-hydrogen) atoms. The second-order valence-electron chi connectivity index (χ2n) is 3.91. The van der Waals surface area contributed by atoms with E-state index in [1.165, 1.54) is 12.0 Å². The van der Waals surface area contributed by atoms with Gasteiger partial charge in [0, 0.05) is 6.20 Å². The molecule has 5 nitrogen and oxygen atoms in total. The summed E-state index contributed by atoms with van der Waals surface area (Å²) < 4.78 is 9.50. The SMILES string of the molecule is CCCCC/C(=C\N1CCOC1=O)C(=O)OC. The number of cyclic esters (lactones) is 1. The van der Waals surface area contributed by atoms with Crippen LogP contribution in [0.25, 0.3) is 0 Å². The largest absolute Gasteiger partial charge is 0.466 e. The zero-order chi connectivity index (χ0) is 12.7. The number of amides is 1. The molecule has 1 rings (SSSR count). The summed E-state index contributed by atoms with van der Waals surface area (Å²) in [5.74, 6) is -0.374. The van der Waals surface area contributed by atoms with Crippen molar-refractivity contribution in [1.82, 2.24) is 4.90 Å². The van der Waals surface area contributed by atoms with E-state index in [2.05, 4.69) is 6.92 Å². The third kappa shape index (κ3) is 4.09. The summed E-state index contributed by atoms with van der Waals surface area (Å²) in [7, 11) is 1.35. The van der Waals surface area contributed by atoms with Crippen molar-refractivity contribution in [2.24, 2.45) is 0 Å². The molecular formula is C12H19NO4. The lowest BCUT2D eigenvalue weighted by Gasteiger charge is -2.10. The van der Waals surface area contributed by atoms with E-state index in [0.717, 1.165) is 19.3 Å². The summed E-state index contributed by atoms with van der Waals surface area (Å²) in [4.78, 5) is 24.2. The Morgan fingerprint density at radius 3 is 2.82 bits per heavy atom. The molecule has 1 fully saturated rings. The maximum atomic E-state index is 11.5. The molecule has 1 aliphatic heterocycles. The van der Waals surface area contributed by atoms with Crippen LogP contribution in [0.1, 0.15) is 32.6 Å². The molecule has 0 aromatic carbocycles.